The molecule has 4 fully saturated rings. The van der Waals surface area contributed by atoms with Crippen molar-refractivity contribution in [2.24, 2.45) is 40.4 Å². The average Bonchev–Trinajstić information content (AvgIpc) is 2.97. The zero-order valence-electron chi connectivity index (χ0n) is 17.1. The van der Waals surface area contributed by atoms with E-state index < -0.39 is 5.97 Å². The van der Waals surface area contributed by atoms with E-state index in [1.165, 1.54) is 44.9 Å². The van der Waals surface area contributed by atoms with E-state index in [1.54, 1.807) is 0 Å². The van der Waals surface area contributed by atoms with E-state index in [1.807, 2.05) is 0 Å². The van der Waals surface area contributed by atoms with Crippen molar-refractivity contribution >= 4 is 18.6 Å². The second kappa shape index (κ2) is 7.23. The number of carboxylic acids is 1. The van der Waals surface area contributed by atoms with Gasteiger partial charge in [-0.3, -0.25) is 4.79 Å². The molecule has 4 saturated carbocycles. The molecule has 9 atom stereocenters. The van der Waals surface area contributed by atoms with Gasteiger partial charge in [0.1, 0.15) is 0 Å². The summed E-state index contributed by atoms with van der Waals surface area (Å²) in [6, 6.07) is 0. The lowest BCUT2D eigenvalue weighted by Crippen LogP contribution is -2.57. The van der Waals surface area contributed by atoms with E-state index in [-0.39, 0.29) is 23.2 Å². The minimum Gasteiger partial charge on any atom is -0.481 e. The van der Waals surface area contributed by atoms with Gasteiger partial charge in [0.05, 0.1) is 6.10 Å². The third kappa shape index (κ3) is 3.17. The number of hydrogen-bond donors (Lipinski definition) is 3. The maximum absolute atomic E-state index is 11.2. The largest absolute Gasteiger partial charge is 0.481 e. The van der Waals surface area contributed by atoms with Gasteiger partial charge in [-0.05, 0) is 91.8 Å². The Morgan fingerprint density at radius 2 is 1.81 bits per heavy atom. The Morgan fingerprint density at radius 3 is 2.56 bits per heavy atom. The lowest BCUT2D eigenvalue weighted by molar-refractivity contribution is -0.162. The van der Waals surface area contributed by atoms with Crippen LogP contribution in [0.15, 0.2) is 0 Å². The second-order valence-electron chi connectivity index (χ2n) is 10.8. The Kier molecular flexibility index (Phi) is 5.38. The fourth-order valence-corrected chi connectivity index (χ4v) is 9.02. The fourth-order valence-electron chi connectivity index (χ4n) is 8.40. The van der Waals surface area contributed by atoms with Gasteiger partial charge >= 0.3 is 5.97 Å². The standard InChI is InChI=1S/C23H38O3S/c1-22-11-4-3-5-14(22)13-18(24)21-16-7-6-15(19(27)8-9-20(25)26)23(16,2)12-10-17(21)22/h14-19,21,24,27H,3-13H2,1-2H3,(H,25,26)/t14?,15-,16?,17?,18+,19-,21?,22+,23-/m1/s1. The number of aliphatic carboxylic acids is 1. The lowest BCUT2D eigenvalue weighted by atomic mass is 9.44. The predicted octanol–water partition coefficient (Wildman–Crippen LogP) is 5.17. The molecule has 0 radical (unpaired) electrons. The molecule has 0 bridgehead atoms. The van der Waals surface area contributed by atoms with Crippen LogP contribution in [-0.2, 0) is 4.79 Å². The molecule has 4 rings (SSSR count). The molecule has 0 aliphatic heterocycles. The van der Waals surface area contributed by atoms with Crippen LogP contribution in [0, 0.1) is 40.4 Å². The van der Waals surface area contributed by atoms with E-state index in [0.29, 0.717) is 35.5 Å². The first kappa shape index (κ1) is 20.1. The molecule has 0 aromatic heterocycles. The molecule has 0 saturated heterocycles. The summed E-state index contributed by atoms with van der Waals surface area (Å²) < 4.78 is 0. The molecule has 0 spiro atoms. The number of thiol groups is 1. The molecular weight excluding hydrogens is 356 g/mol. The molecule has 4 heteroatoms. The maximum Gasteiger partial charge on any atom is 0.303 e. The topological polar surface area (TPSA) is 57.5 Å². The van der Waals surface area contributed by atoms with Crippen molar-refractivity contribution in [3.8, 4) is 0 Å². The highest BCUT2D eigenvalue weighted by molar-refractivity contribution is 7.81. The number of aliphatic hydroxyl groups excluding tert-OH is 1. The fraction of sp³-hybridized carbons (Fsp3) is 0.957. The van der Waals surface area contributed by atoms with Gasteiger partial charge in [-0.25, -0.2) is 0 Å². The lowest BCUT2D eigenvalue weighted by Gasteiger charge is -2.62. The van der Waals surface area contributed by atoms with Crippen LogP contribution in [0.3, 0.4) is 0 Å². The van der Waals surface area contributed by atoms with E-state index in [0.717, 1.165) is 18.8 Å². The number of carbonyl (C=O) groups is 1. The summed E-state index contributed by atoms with van der Waals surface area (Å²) in [6.45, 7) is 4.99. The van der Waals surface area contributed by atoms with Crippen LogP contribution < -0.4 is 0 Å². The summed E-state index contributed by atoms with van der Waals surface area (Å²) in [6.07, 6.45) is 12.0. The molecule has 0 amide bonds. The number of carboxylic acid groups (broad SMARTS) is 1. The van der Waals surface area contributed by atoms with Crippen LogP contribution in [0.25, 0.3) is 0 Å². The molecular formula is C23H38O3S. The summed E-state index contributed by atoms with van der Waals surface area (Å²) in [4.78, 5) is 11.0. The van der Waals surface area contributed by atoms with Gasteiger partial charge in [0.15, 0.2) is 0 Å². The molecule has 0 heterocycles. The Morgan fingerprint density at radius 1 is 1.07 bits per heavy atom. The van der Waals surface area contributed by atoms with Crippen molar-refractivity contribution in [2.45, 2.75) is 95.8 Å². The van der Waals surface area contributed by atoms with Crippen LogP contribution in [0.4, 0.5) is 0 Å². The van der Waals surface area contributed by atoms with E-state index in [9.17, 15) is 9.90 Å². The van der Waals surface area contributed by atoms with Gasteiger partial charge in [0, 0.05) is 11.7 Å². The molecule has 3 nitrogen and oxygen atoms in total. The summed E-state index contributed by atoms with van der Waals surface area (Å²) >= 11 is 4.88. The summed E-state index contributed by atoms with van der Waals surface area (Å²) in [7, 11) is 0. The van der Waals surface area contributed by atoms with Gasteiger partial charge in [-0.1, -0.05) is 26.7 Å². The molecule has 4 unspecified atom stereocenters. The zero-order chi connectivity index (χ0) is 19.4. The van der Waals surface area contributed by atoms with Crippen molar-refractivity contribution in [1.29, 1.82) is 0 Å². The van der Waals surface area contributed by atoms with Crippen molar-refractivity contribution in [3.63, 3.8) is 0 Å². The summed E-state index contributed by atoms with van der Waals surface area (Å²) in [5.41, 5.74) is 0.663. The van der Waals surface area contributed by atoms with E-state index in [2.05, 4.69) is 13.8 Å². The third-order valence-corrected chi connectivity index (χ3v) is 10.4. The zero-order valence-corrected chi connectivity index (χ0v) is 18.0. The second-order valence-corrected chi connectivity index (χ2v) is 11.4. The van der Waals surface area contributed by atoms with Gasteiger partial charge < -0.3 is 10.2 Å². The molecule has 0 aromatic carbocycles. The first-order chi connectivity index (χ1) is 12.8. The average molecular weight is 395 g/mol. The van der Waals surface area contributed by atoms with Crippen molar-refractivity contribution in [3.05, 3.63) is 0 Å². The van der Waals surface area contributed by atoms with Gasteiger partial charge in [-0.2, -0.15) is 12.6 Å². The summed E-state index contributed by atoms with van der Waals surface area (Å²) in [5.74, 6) is 2.23. The number of aliphatic hydroxyl groups is 1. The highest BCUT2D eigenvalue weighted by Gasteiger charge is 2.62. The minimum absolute atomic E-state index is 0.132. The van der Waals surface area contributed by atoms with Gasteiger partial charge in [-0.15, -0.1) is 0 Å². The third-order valence-electron chi connectivity index (χ3n) is 9.79. The predicted molar refractivity (Wildman–Crippen MR) is 111 cm³/mol. The Balaban J connectivity index is 1.56. The number of rotatable bonds is 4. The molecule has 27 heavy (non-hydrogen) atoms. The first-order valence-electron chi connectivity index (χ1n) is 11.4. The van der Waals surface area contributed by atoms with Crippen LogP contribution in [0.2, 0.25) is 0 Å². The molecule has 2 N–H and O–H groups in total. The van der Waals surface area contributed by atoms with Gasteiger partial charge in [0.25, 0.3) is 0 Å². The molecule has 4 aliphatic carbocycles. The van der Waals surface area contributed by atoms with Gasteiger partial charge in [0.2, 0.25) is 0 Å². The van der Waals surface area contributed by atoms with Crippen LogP contribution in [0.1, 0.15) is 84.5 Å². The molecule has 154 valence electrons. The van der Waals surface area contributed by atoms with Crippen molar-refractivity contribution < 1.29 is 15.0 Å². The Labute approximate surface area is 170 Å². The molecule has 4 aliphatic rings. The van der Waals surface area contributed by atoms with E-state index >= 15 is 0 Å². The van der Waals surface area contributed by atoms with E-state index in [4.69, 9.17) is 17.7 Å². The van der Waals surface area contributed by atoms with Crippen LogP contribution in [0.5, 0.6) is 0 Å². The van der Waals surface area contributed by atoms with Crippen LogP contribution in [-0.4, -0.2) is 27.5 Å². The SMILES string of the molecule is C[C@]12CCCCC1C[C@H](O)C1C2CC[C@@]2(C)C1CC[C@@H]2[C@H](S)CCC(=O)O. The maximum atomic E-state index is 11.2. The molecule has 0 aromatic rings. The Hall–Kier alpha value is -0.220. The highest BCUT2D eigenvalue weighted by atomic mass is 32.1. The number of fused-ring (bicyclic) bond motifs is 5. The first-order valence-corrected chi connectivity index (χ1v) is 11.9. The quantitative estimate of drug-likeness (QED) is 0.577. The normalized spacial score (nSPS) is 50.4. The monoisotopic (exact) mass is 394 g/mol. The minimum atomic E-state index is -0.712. The van der Waals surface area contributed by atoms with Crippen molar-refractivity contribution in [1.82, 2.24) is 0 Å². The van der Waals surface area contributed by atoms with Crippen LogP contribution >= 0.6 is 12.6 Å². The van der Waals surface area contributed by atoms with Crippen molar-refractivity contribution in [2.75, 3.05) is 0 Å². The highest BCUT2D eigenvalue weighted by Crippen LogP contribution is 2.68. The number of hydrogen-bond acceptors (Lipinski definition) is 3. The Bertz CT molecular complexity index is 580. The smallest absolute Gasteiger partial charge is 0.303 e. The summed E-state index contributed by atoms with van der Waals surface area (Å²) in [5, 5.41) is 20.5.